The second-order valence-electron chi connectivity index (χ2n) is 3.11. The van der Waals surface area contributed by atoms with Crippen LogP contribution >= 0.6 is 15.9 Å². The van der Waals surface area contributed by atoms with Crippen LogP contribution in [0, 0.1) is 0 Å². The molecule has 1 aromatic rings. The third-order valence-corrected chi connectivity index (χ3v) is 2.98. The van der Waals surface area contributed by atoms with Gasteiger partial charge in [0.25, 0.3) is 5.91 Å². The summed E-state index contributed by atoms with van der Waals surface area (Å²) >= 11 is 3.43. The number of halogens is 1. The van der Waals surface area contributed by atoms with E-state index in [0.29, 0.717) is 19.0 Å². The normalized spacial score (nSPS) is 26.4. The molecule has 0 bridgehead atoms. The Bertz CT molecular complexity index is 312. The molecule has 1 aliphatic rings. The number of amides is 1. The summed E-state index contributed by atoms with van der Waals surface area (Å²) < 4.78 is 10.2. The monoisotopic (exact) mass is 259 g/mol. The fourth-order valence-electron chi connectivity index (χ4n) is 1.31. The van der Waals surface area contributed by atoms with Gasteiger partial charge in [-0.05, 0) is 12.1 Å². The second kappa shape index (κ2) is 4.14. The molecule has 1 saturated heterocycles. The number of ether oxygens (including phenoxy) is 1. The highest BCUT2D eigenvalue weighted by atomic mass is 79.9. The molecule has 0 aromatic carbocycles. The first-order valence-corrected chi connectivity index (χ1v) is 5.25. The SMILES string of the molecule is O=C(NC1COCC1Br)c1ccco1. The predicted octanol–water partition coefficient (Wildman–Crippen LogP) is 1.17. The van der Waals surface area contributed by atoms with Crippen molar-refractivity contribution >= 4 is 21.8 Å². The molecule has 1 aliphatic heterocycles. The van der Waals surface area contributed by atoms with Crippen LogP contribution in [0.1, 0.15) is 10.6 Å². The number of alkyl halides is 1. The lowest BCUT2D eigenvalue weighted by Crippen LogP contribution is -2.40. The summed E-state index contributed by atoms with van der Waals surface area (Å²) in [6, 6.07) is 3.34. The van der Waals surface area contributed by atoms with E-state index in [9.17, 15) is 4.79 Å². The first kappa shape index (κ1) is 9.73. The van der Waals surface area contributed by atoms with Gasteiger partial charge in [0.2, 0.25) is 0 Å². The van der Waals surface area contributed by atoms with E-state index in [1.165, 1.54) is 6.26 Å². The van der Waals surface area contributed by atoms with Crippen LogP contribution in [0.3, 0.4) is 0 Å². The molecule has 0 radical (unpaired) electrons. The van der Waals surface area contributed by atoms with Crippen molar-refractivity contribution in [2.75, 3.05) is 13.2 Å². The number of carbonyl (C=O) groups excluding carboxylic acids is 1. The molecule has 1 fully saturated rings. The van der Waals surface area contributed by atoms with E-state index in [2.05, 4.69) is 21.2 Å². The van der Waals surface area contributed by atoms with Crippen LogP contribution in [0.4, 0.5) is 0 Å². The Balaban J connectivity index is 1.95. The van der Waals surface area contributed by atoms with E-state index < -0.39 is 0 Å². The average molecular weight is 260 g/mol. The Morgan fingerprint density at radius 2 is 2.43 bits per heavy atom. The summed E-state index contributed by atoms with van der Waals surface area (Å²) in [6.45, 7) is 1.17. The van der Waals surface area contributed by atoms with Crippen molar-refractivity contribution in [2.45, 2.75) is 10.9 Å². The van der Waals surface area contributed by atoms with Crippen molar-refractivity contribution in [3.63, 3.8) is 0 Å². The maximum absolute atomic E-state index is 11.5. The molecule has 1 aromatic heterocycles. The molecule has 0 spiro atoms. The minimum atomic E-state index is -0.199. The van der Waals surface area contributed by atoms with E-state index in [1.807, 2.05) is 0 Å². The van der Waals surface area contributed by atoms with E-state index in [-0.39, 0.29) is 16.8 Å². The van der Waals surface area contributed by atoms with Crippen molar-refractivity contribution in [2.24, 2.45) is 0 Å². The quantitative estimate of drug-likeness (QED) is 0.812. The lowest BCUT2D eigenvalue weighted by molar-refractivity contribution is 0.0902. The van der Waals surface area contributed by atoms with Gasteiger partial charge in [0.1, 0.15) is 0 Å². The molecular weight excluding hydrogens is 250 g/mol. The van der Waals surface area contributed by atoms with Gasteiger partial charge in [0, 0.05) is 0 Å². The van der Waals surface area contributed by atoms with Crippen molar-refractivity contribution in [3.8, 4) is 0 Å². The minimum Gasteiger partial charge on any atom is -0.459 e. The van der Waals surface area contributed by atoms with Crippen molar-refractivity contribution in [3.05, 3.63) is 24.2 Å². The maximum atomic E-state index is 11.5. The van der Waals surface area contributed by atoms with Gasteiger partial charge in [-0.15, -0.1) is 0 Å². The molecule has 4 nitrogen and oxygen atoms in total. The van der Waals surface area contributed by atoms with Crippen LogP contribution in [0.5, 0.6) is 0 Å². The van der Waals surface area contributed by atoms with E-state index in [0.717, 1.165) is 0 Å². The summed E-state index contributed by atoms with van der Waals surface area (Å²) in [6.07, 6.45) is 1.48. The molecule has 0 saturated carbocycles. The second-order valence-corrected chi connectivity index (χ2v) is 4.29. The zero-order chi connectivity index (χ0) is 9.97. The molecule has 5 heteroatoms. The molecule has 14 heavy (non-hydrogen) atoms. The van der Waals surface area contributed by atoms with E-state index in [1.54, 1.807) is 12.1 Å². The Labute approximate surface area is 89.7 Å². The summed E-state index contributed by atoms with van der Waals surface area (Å²) in [7, 11) is 0. The van der Waals surface area contributed by atoms with Gasteiger partial charge in [-0.25, -0.2) is 0 Å². The van der Waals surface area contributed by atoms with Crippen LogP contribution in [-0.4, -0.2) is 30.0 Å². The number of furan rings is 1. The molecule has 76 valence electrons. The largest absolute Gasteiger partial charge is 0.459 e. The topological polar surface area (TPSA) is 51.5 Å². The van der Waals surface area contributed by atoms with E-state index in [4.69, 9.17) is 9.15 Å². The maximum Gasteiger partial charge on any atom is 0.287 e. The number of nitrogens with one attached hydrogen (secondary N) is 1. The van der Waals surface area contributed by atoms with Crippen LogP contribution < -0.4 is 5.32 Å². The zero-order valence-electron chi connectivity index (χ0n) is 7.40. The standard InChI is InChI=1S/C9H10BrNO3/c10-6-4-13-5-7(6)11-9(12)8-2-1-3-14-8/h1-3,6-7H,4-5H2,(H,11,12). The number of carbonyl (C=O) groups is 1. The molecule has 2 heterocycles. The van der Waals surface area contributed by atoms with Gasteiger partial charge < -0.3 is 14.5 Å². The van der Waals surface area contributed by atoms with Gasteiger partial charge >= 0.3 is 0 Å². The number of hydrogen-bond donors (Lipinski definition) is 1. The third-order valence-electron chi connectivity index (χ3n) is 2.07. The molecule has 0 aliphatic carbocycles. The highest BCUT2D eigenvalue weighted by Gasteiger charge is 2.27. The summed E-state index contributed by atoms with van der Waals surface area (Å²) in [4.78, 5) is 11.7. The zero-order valence-corrected chi connectivity index (χ0v) is 8.99. The average Bonchev–Trinajstić information content (AvgIpc) is 2.77. The van der Waals surface area contributed by atoms with Gasteiger partial charge in [-0.1, -0.05) is 15.9 Å². The van der Waals surface area contributed by atoms with E-state index >= 15 is 0 Å². The lowest BCUT2D eigenvalue weighted by atomic mass is 10.2. The Hall–Kier alpha value is -0.810. The van der Waals surface area contributed by atoms with Crippen LogP contribution in [0.15, 0.2) is 22.8 Å². The predicted molar refractivity (Wildman–Crippen MR) is 53.5 cm³/mol. The first-order chi connectivity index (χ1) is 6.77. The Morgan fingerprint density at radius 3 is 3.00 bits per heavy atom. The first-order valence-electron chi connectivity index (χ1n) is 4.33. The van der Waals surface area contributed by atoms with Crippen molar-refractivity contribution in [1.29, 1.82) is 0 Å². The van der Waals surface area contributed by atoms with Gasteiger partial charge in [0.15, 0.2) is 5.76 Å². The fraction of sp³-hybridized carbons (Fsp3) is 0.444. The summed E-state index contributed by atoms with van der Waals surface area (Å²) in [5.74, 6) is 0.131. The highest BCUT2D eigenvalue weighted by Crippen LogP contribution is 2.14. The van der Waals surface area contributed by atoms with Gasteiger partial charge in [-0.3, -0.25) is 4.79 Å². The lowest BCUT2D eigenvalue weighted by Gasteiger charge is -2.12. The number of rotatable bonds is 2. The third kappa shape index (κ3) is 1.99. The van der Waals surface area contributed by atoms with Crippen LogP contribution in [0.2, 0.25) is 0 Å². The molecule has 1 amide bonds. The Kier molecular flexibility index (Phi) is 2.88. The fourth-order valence-corrected chi connectivity index (χ4v) is 1.78. The van der Waals surface area contributed by atoms with Gasteiger partial charge in [-0.2, -0.15) is 0 Å². The highest BCUT2D eigenvalue weighted by molar-refractivity contribution is 9.09. The van der Waals surface area contributed by atoms with Crippen LogP contribution in [0.25, 0.3) is 0 Å². The molecule has 2 rings (SSSR count). The molecular formula is C9H10BrNO3. The van der Waals surface area contributed by atoms with Gasteiger partial charge in [0.05, 0.1) is 30.3 Å². The molecule has 2 atom stereocenters. The van der Waals surface area contributed by atoms with Crippen molar-refractivity contribution in [1.82, 2.24) is 5.32 Å². The minimum absolute atomic E-state index is 0.0209. The van der Waals surface area contributed by atoms with Crippen molar-refractivity contribution < 1.29 is 13.9 Å². The summed E-state index contributed by atoms with van der Waals surface area (Å²) in [5, 5.41) is 2.83. The Morgan fingerprint density at radius 1 is 1.57 bits per heavy atom. The molecule has 1 N–H and O–H groups in total. The smallest absolute Gasteiger partial charge is 0.287 e. The molecule has 2 unspecified atom stereocenters. The summed E-state index contributed by atoms with van der Waals surface area (Å²) in [5.41, 5.74) is 0. The number of hydrogen-bond acceptors (Lipinski definition) is 3. The van der Waals surface area contributed by atoms with Crippen LogP contribution in [-0.2, 0) is 4.74 Å².